The molecule has 2 aliphatic rings. The van der Waals surface area contributed by atoms with E-state index < -0.39 is 0 Å². The molecule has 0 amide bonds. The fraction of sp³-hybridized carbons (Fsp3) is 0.692. The molecule has 0 aromatic carbocycles. The van der Waals surface area contributed by atoms with Crippen molar-refractivity contribution >= 4 is 5.82 Å². The number of nitrogens with zero attached hydrogens (tertiary/aromatic N) is 3. The van der Waals surface area contributed by atoms with Crippen LogP contribution in [0.5, 0.6) is 0 Å². The van der Waals surface area contributed by atoms with Crippen LogP contribution in [-0.4, -0.2) is 29.6 Å². The van der Waals surface area contributed by atoms with Crippen LogP contribution in [-0.2, 0) is 12.8 Å². The van der Waals surface area contributed by atoms with Gasteiger partial charge in [0.25, 0.3) is 0 Å². The Labute approximate surface area is 102 Å². The summed E-state index contributed by atoms with van der Waals surface area (Å²) in [5.74, 6) is 1.90. The first-order chi connectivity index (χ1) is 8.31. The first-order valence-corrected chi connectivity index (χ1v) is 6.57. The highest BCUT2D eigenvalue weighted by molar-refractivity contribution is 5.51. The maximum Gasteiger partial charge on any atom is 0.135 e. The van der Waals surface area contributed by atoms with Gasteiger partial charge in [0.1, 0.15) is 12.1 Å². The zero-order chi connectivity index (χ0) is 11.8. The zero-order valence-electron chi connectivity index (χ0n) is 10.4. The molecule has 0 aliphatic heterocycles. The third-order valence-electron chi connectivity index (χ3n) is 4.09. The average molecular weight is 232 g/mol. The molecule has 1 fully saturated rings. The van der Waals surface area contributed by atoms with Crippen LogP contribution < -0.4 is 10.6 Å². The molecule has 2 N–H and O–H groups in total. The molecular weight excluding hydrogens is 212 g/mol. The largest absolute Gasteiger partial charge is 0.355 e. The Morgan fingerprint density at radius 2 is 2.24 bits per heavy atom. The van der Waals surface area contributed by atoms with E-state index in [-0.39, 0.29) is 0 Å². The lowest BCUT2D eigenvalue weighted by Gasteiger charge is -2.29. The molecule has 2 aliphatic carbocycles. The summed E-state index contributed by atoms with van der Waals surface area (Å²) in [4.78, 5) is 11.2. The van der Waals surface area contributed by atoms with Crippen LogP contribution in [0.3, 0.4) is 0 Å². The van der Waals surface area contributed by atoms with Crippen molar-refractivity contribution in [3.05, 3.63) is 17.6 Å². The van der Waals surface area contributed by atoms with Gasteiger partial charge in [-0.2, -0.15) is 0 Å². The molecule has 1 unspecified atom stereocenters. The van der Waals surface area contributed by atoms with Gasteiger partial charge in [-0.25, -0.2) is 9.97 Å². The van der Waals surface area contributed by atoms with E-state index in [1.54, 1.807) is 6.33 Å². The van der Waals surface area contributed by atoms with Crippen molar-refractivity contribution in [3.8, 4) is 0 Å². The Bertz CT molecular complexity index is 414. The Morgan fingerprint density at radius 3 is 2.94 bits per heavy atom. The molecule has 4 heteroatoms. The number of aryl methyl sites for hydroxylation is 1. The summed E-state index contributed by atoms with van der Waals surface area (Å²) < 4.78 is 0. The van der Waals surface area contributed by atoms with E-state index in [0.717, 1.165) is 31.1 Å². The second-order valence-corrected chi connectivity index (χ2v) is 5.23. The molecule has 1 aromatic heterocycles. The predicted octanol–water partition coefficient (Wildman–Crippen LogP) is 1.14. The molecule has 4 nitrogen and oxygen atoms in total. The normalized spacial score (nSPS) is 20.1. The van der Waals surface area contributed by atoms with Crippen molar-refractivity contribution in [3.63, 3.8) is 0 Å². The summed E-state index contributed by atoms with van der Waals surface area (Å²) in [5.41, 5.74) is 8.51. The molecule has 1 heterocycles. The molecule has 92 valence electrons. The van der Waals surface area contributed by atoms with Crippen molar-refractivity contribution in [2.24, 2.45) is 11.7 Å². The zero-order valence-corrected chi connectivity index (χ0v) is 10.4. The highest BCUT2D eigenvalue weighted by Crippen LogP contribution is 2.37. The van der Waals surface area contributed by atoms with Crippen LogP contribution in [0.15, 0.2) is 6.33 Å². The monoisotopic (exact) mass is 232 g/mol. The van der Waals surface area contributed by atoms with Crippen molar-refractivity contribution < 1.29 is 0 Å². The summed E-state index contributed by atoms with van der Waals surface area (Å²) in [5, 5.41) is 0. The molecule has 0 bridgehead atoms. The molecule has 0 spiro atoms. The van der Waals surface area contributed by atoms with Gasteiger partial charge in [0.2, 0.25) is 0 Å². The minimum absolute atomic E-state index is 0.453. The molecule has 1 atom stereocenters. The second kappa shape index (κ2) is 4.26. The van der Waals surface area contributed by atoms with Crippen LogP contribution in [0.1, 0.15) is 30.5 Å². The first kappa shape index (κ1) is 11.0. The third-order valence-corrected chi connectivity index (χ3v) is 4.09. The first-order valence-electron chi connectivity index (χ1n) is 6.57. The van der Waals surface area contributed by atoms with Gasteiger partial charge < -0.3 is 10.6 Å². The van der Waals surface area contributed by atoms with Gasteiger partial charge in [0, 0.05) is 30.9 Å². The Morgan fingerprint density at radius 1 is 1.41 bits per heavy atom. The van der Waals surface area contributed by atoms with E-state index in [9.17, 15) is 0 Å². The Balaban J connectivity index is 1.90. The number of likely N-dealkylation sites (N-methyl/N-ethyl adjacent to an activating group) is 1. The van der Waals surface area contributed by atoms with Gasteiger partial charge in [-0.1, -0.05) is 0 Å². The number of fused-ring (bicyclic) bond motifs is 1. The standard InChI is InChI=1S/C13H20N4/c1-17(12(7-14)9-5-6-9)13-10-3-2-4-11(10)15-8-16-13/h8-9,12H,2-7,14H2,1H3. The van der Waals surface area contributed by atoms with Crippen LogP contribution in [0.25, 0.3) is 0 Å². The van der Waals surface area contributed by atoms with Crippen molar-refractivity contribution in [2.45, 2.75) is 38.1 Å². The maximum absolute atomic E-state index is 5.91. The number of aromatic nitrogens is 2. The van der Waals surface area contributed by atoms with Gasteiger partial charge in [-0.3, -0.25) is 0 Å². The van der Waals surface area contributed by atoms with Gasteiger partial charge in [0.05, 0.1) is 0 Å². The van der Waals surface area contributed by atoms with Crippen LogP contribution >= 0.6 is 0 Å². The van der Waals surface area contributed by atoms with E-state index in [0.29, 0.717) is 6.04 Å². The van der Waals surface area contributed by atoms with E-state index in [1.807, 2.05) is 0 Å². The van der Waals surface area contributed by atoms with Crippen LogP contribution in [0.2, 0.25) is 0 Å². The van der Waals surface area contributed by atoms with Crippen LogP contribution in [0, 0.1) is 5.92 Å². The fourth-order valence-electron chi connectivity index (χ4n) is 2.95. The number of rotatable bonds is 4. The number of anilines is 1. The molecular formula is C13H20N4. The second-order valence-electron chi connectivity index (χ2n) is 5.23. The fourth-order valence-corrected chi connectivity index (χ4v) is 2.95. The Kier molecular flexibility index (Phi) is 2.74. The summed E-state index contributed by atoms with van der Waals surface area (Å²) in [7, 11) is 2.14. The number of nitrogens with two attached hydrogens (primary N) is 1. The molecule has 0 saturated heterocycles. The van der Waals surface area contributed by atoms with Gasteiger partial charge in [-0.15, -0.1) is 0 Å². The van der Waals surface area contributed by atoms with Crippen LogP contribution in [0.4, 0.5) is 5.82 Å². The molecule has 17 heavy (non-hydrogen) atoms. The lowest BCUT2D eigenvalue weighted by Crippen LogP contribution is -2.40. The van der Waals surface area contributed by atoms with E-state index in [2.05, 4.69) is 21.9 Å². The highest BCUT2D eigenvalue weighted by Gasteiger charge is 2.34. The topological polar surface area (TPSA) is 55.0 Å². The van der Waals surface area contributed by atoms with E-state index in [1.165, 1.54) is 30.5 Å². The molecule has 3 rings (SSSR count). The molecule has 1 saturated carbocycles. The van der Waals surface area contributed by atoms with Crippen molar-refractivity contribution in [1.82, 2.24) is 9.97 Å². The average Bonchev–Trinajstić information content (AvgIpc) is 3.06. The van der Waals surface area contributed by atoms with Gasteiger partial charge in [-0.05, 0) is 38.0 Å². The lowest BCUT2D eigenvalue weighted by atomic mass is 10.1. The van der Waals surface area contributed by atoms with Crippen molar-refractivity contribution in [2.75, 3.05) is 18.5 Å². The minimum Gasteiger partial charge on any atom is -0.355 e. The summed E-state index contributed by atoms with van der Waals surface area (Å²) in [6.45, 7) is 0.722. The molecule has 1 aromatic rings. The van der Waals surface area contributed by atoms with Gasteiger partial charge in [0.15, 0.2) is 0 Å². The minimum atomic E-state index is 0.453. The summed E-state index contributed by atoms with van der Waals surface area (Å²) in [6, 6.07) is 0.453. The Hall–Kier alpha value is -1.16. The number of hydrogen-bond acceptors (Lipinski definition) is 4. The highest BCUT2D eigenvalue weighted by atomic mass is 15.2. The van der Waals surface area contributed by atoms with Gasteiger partial charge >= 0.3 is 0 Å². The third kappa shape index (κ3) is 1.90. The number of hydrogen-bond donors (Lipinski definition) is 1. The van der Waals surface area contributed by atoms with E-state index in [4.69, 9.17) is 5.73 Å². The molecule has 0 radical (unpaired) electrons. The quantitative estimate of drug-likeness (QED) is 0.845. The van der Waals surface area contributed by atoms with E-state index >= 15 is 0 Å². The van der Waals surface area contributed by atoms with Crippen molar-refractivity contribution in [1.29, 1.82) is 0 Å². The maximum atomic E-state index is 5.91. The predicted molar refractivity (Wildman–Crippen MR) is 68.0 cm³/mol. The smallest absolute Gasteiger partial charge is 0.135 e. The summed E-state index contributed by atoms with van der Waals surface area (Å²) >= 11 is 0. The lowest BCUT2D eigenvalue weighted by molar-refractivity contribution is 0.564. The summed E-state index contributed by atoms with van der Waals surface area (Å²) in [6.07, 6.45) is 7.79. The SMILES string of the molecule is CN(c1ncnc2c1CCC2)C(CN)C1CC1.